The third kappa shape index (κ3) is 6.57. The second kappa shape index (κ2) is 16.5. The van der Waals surface area contributed by atoms with E-state index in [0.717, 1.165) is 33.7 Å². The molecule has 0 fully saturated rings. The second-order valence-electron chi connectivity index (χ2n) is 17.6. The summed E-state index contributed by atoms with van der Waals surface area (Å²) in [7, 11) is 0. The molecule has 0 spiro atoms. The minimum absolute atomic E-state index is 1.08. The van der Waals surface area contributed by atoms with Crippen LogP contribution in [0.2, 0.25) is 0 Å². The molecule has 0 atom stereocenters. The predicted molar refractivity (Wildman–Crippen MR) is 290 cm³/mol. The summed E-state index contributed by atoms with van der Waals surface area (Å²) in [6, 6.07) is 97.5. The average Bonchev–Trinajstić information content (AvgIpc) is 3.74. The van der Waals surface area contributed by atoms with Crippen molar-refractivity contribution in [3.63, 3.8) is 0 Å². The van der Waals surface area contributed by atoms with Gasteiger partial charge in [0.1, 0.15) is 0 Å². The van der Waals surface area contributed by atoms with Crippen molar-refractivity contribution in [2.24, 2.45) is 0 Å². The summed E-state index contributed by atoms with van der Waals surface area (Å²) in [4.78, 5) is 2.43. The van der Waals surface area contributed by atoms with Crippen LogP contribution in [0.5, 0.6) is 0 Å². The molecule has 0 radical (unpaired) electrons. The van der Waals surface area contributed by atoms with Crippen LogP contribution in [0.25, 0.3) is 104 Å². The predicted octanol–water partition coefficient (Wildman–Crippen LogP) is 18.4. The zero-order valence-corrected chi connectivity index (χ0v) is 37.3. The van der Waals surface area contributed by atoms with Crippen molar-refractivity contribution < 1.29 is 0 Å². The van der Waals surface area contributed by atoms with Crippen LogP contribution in [0.4, 0.5) is 17.1 Å². The van der Waals surface area contributed by atoms with E-state index in [-0.39, 0.29) is 0 Å². The first-order valence-electron chi connectivity index (χ1n) is 23.4. The van der Waals surface area contributed by atoms with Crippen molar-refractivity contribution in [3.8, 4) is 50.2 Å². The van der Waals surface area contributed by atoms with Crippen molar-refractivity contribution in [3.05, 3.63) is 267 Å². The molecule has 0 N–H and O–H groups in total. The largest absolute Gasteiger partial charge is 0.310 e. The van der Waals surface area contributed by atoms with Gasteiger partial charge in [0.25, 0.3) is 0 Å². The lowest BCUT2D eigenvalue weighted by Crippen LogP contribution is -2.11. The van der Waals surface area contributed by atoms with E-state index in [2.05, 4.69) is 276 Å². The Labute approximate surface area is 395 Å². The Morgan fingerprint density at radius 3 is 1.53 bits per heavy atom. The first-order valence-corrected chi connectivity index (χ1v) is 23.4. The minimum Gasteiger partial charge on any atom is -0.310 e. The Bertz CT molecular complexity index is 4000. The fourth-order valence-electron chi connectivity index (χ4n) is 10.7. The van der Waals surface area contributed by atoms with Crippen LogP contribution < -0.4 is 4.90 Å². The molecule has 1 aromatic heterocycles. The number of hydrogen-bond acceptors (Lipinski definition) is 1. The van der Waals surface area contributed by atoms with E-state index in [4.69, 9.17) is 0 Å². The van der Waals surface area contributed by atoms with Crippen LogP contribution in [-0.4, -0.2) is 4.57 Å². The molecule has 12 aromatic carbocycles. The molecule has 2 heteroatoms. The zero-order valence-electron chi connectivity index (χ0n) is 37.3. The van der Waals surface area contributed by atoms with E-state index in [1.165, 1.54) is 87.7 Å². The quantitative estimate of drug-likeness (QED) is 0.138. The average molecular weight is 865 g/mol. The maximum absolute atomic E-state index is 2.46. The minimum atomic E-state index is 1.08. The molecule has 0 saturated heterocycles. The summed E-state index contributed by atoms with van der Waals surface area (Å²) in [5, 5.41) is 9.90. The number of aromatic nitrogens is 1. The van der Waals surface area contributed by atoms with Gasteiger partial charge >= 0.3 is 0 Å². The Kier molecular flexibility index (Phi) is 9.54. The lowest BCUT2D eigenvalue weighted by atomic mass is 9.84. The van der Waals surface area contributed by atoms with Gasteiger partial charge < -0.3 is 9.47 Å². The zero-order chi connectivity index (χ0) is 45.0. The maximum Gasteiger partial charge on any atom is 0.0562 e. The molecule has 318 valence electrons. The smallest absolute Gasteiger partial charge is 0.0562 e. The number of benzene rings is 12. The Morgan fingerprint density at radius 2 is 0.779 bits per heavy atom. The van der Waals surface area contributed by atoms with Crippen molar-refractivity contribution in [1.29, 1.82) is 0 Å². The fraction of sp³-hybridized carbons (Fsp3) is 0. The molecule has 0 aliphatic heterocycles. The van der Waals surface area contributed by atoms with Gasteiger partial charge in [-0.1, -0.05) is 218 Å². The SMILES string of the molecule is c1ccc(-c2ccccc2N(c2ccc(-c3ccc4c(c3)c(-c3ccccc3)c(-c3ccccc3)c3ccccc34)cc2)c2ccc3c4ccccc4n(-c4cccc5ccccc45)c3c2)cc1. The van der Waals surface area contributed by atoms with Gasteiger partial charge in [-0.3, -0.25) is 0 Å². The molecule has 0 aliphatic carbocycles. The molecule has 13 aromatic rings. The Morgan fingerprint density at radius 1 is 0.265 bits per heavy atom. The van der Waals surface area contributed by atoms with Crippen LogP contribution in [0, 0.1) is 0 Å². The summed E-state index contributed by atoms with van der Waals surface area (Å²) < 4.78 is 2.46. The lowest BCUT2D eigenvalue weighted by Gasteiger charge is -2.28. The number of anilines is 3. The normalized spacial score (nSPS) is 11.5. The molecule has 2 nitrogen and oxygen atoms in total. The van der Waals surface area contributed by atoms with Gasteiger partial charge in [-0.25, -0.2) is 0 Å². The monoisotopic (exact) mass is 864 g/mol. The maximum atomic E-state index is 2.46. The number of para-hydroxylation sites is 2. The van der Waals surface area contributed by atoms with E-state index in [0.29, 0.717) is 0 Å². The lowest BCUT2D eigenvalue weighted by molar-refractivity contribution is 1.19. The van der Waals surface area contributed by atoms with Gasteiger partial charge in [-0.15, -0.1) is 0 Å². The van der Waals surface area contributed by atoms with Crippen LogP contribution in [-0.2, 0) is 0 Å². The highest BCUT2D eigenvalue weighted by molar-refractivity contribution is 6.22. The molecule has 1 heterocycles. The summed E-state index contributed by atoms with van der Waals surface area (Å²) in [5.41, 5.74) is 16.4. The molecular formula is C66H44N2. The molecule has 0 bridgehead atoms. The molecule has 13 rings (SSSR count). The van der Waals surface area contributed by atoms with E-state index in [9.17, 15) is 0 Å². The van der Waals surface area contributed by atoms with Crippen LogP contribution >= 0.6 is 0 Å². The summed E-state index contributed by atoms with van der Waals surface area (Å²) >= 11 is 0. The van der Waals surface area contributed by atoms with Crippen LogP contribution in [0.3, 0.4) is 0 Å². The van der Waals surface area contributed by atoms with Gasteiger partial charge in [0, 0.05) is 33.1 Å². The first-order chi connectivity index (χ1) is 33.8. The fourth-order valence-corrected chi connectivity index (χ4v) is 10.7. The van der Waals surface area contributed by atoms with E-state index < -0.39 is 0 Å². The highest BCUT2D eigenvalue weighted by Gasteiger charge is 2.22. The Balaban J connectivity index is 1.01. The second-order valence-corrected chi connectivity index (χ2v) is 17.6. The van der Waals surface area contributed by atoms with Crippen molar-refractivity contribution in [2.45, 2.75) is 0 Å². The number of nitrogens with zero attached hydrogens (tertiary/aromatic N) is 2. The van der Waals surface area contributed by atoms with Gasteiger partial charge in [-0.05, 0) is 114 Å². The molecule has 0 unspecified atom stereocenters. The van der Waals surface area contributed by atoms with Crippen LogP contribution in [0.15, 0.2) is 267 Å². The highest BCUT2D eigenvalue weighted by atomic mass is 15.1. The summed E-state index contributed by atoms with van der Waals surface area (Å²) in [5.74, 6) is 0. The number of hydrogen-bond donors (Lipinski definition) is 0. The van der Waals surface area contributed by atoms with Crippen LogP contribution in [0.1, 0.15) is 0 Å². The summed E-state index contributed by atoms with van der Waals surface area (Å²) in [6.07, 6.45) is 0. The van der Waals surface area contributed by atoms with E-state index in [1.54, 1.807) is 0 Å². The molecule has 68 heavy (non-hydrogen) atoms. The highest BCUT2D eigenvalue weighted by Crippen LogP contribution is 2.47. The van der Waals surface area contributed by atoms with Gasteiger partial charge in [0.2, 0.25) is 0 Å². The van der Waals surface area contributed by atoms with Crippen molar-refractivity contribution in [1.82, 2.24) is 4.57 Å². The summed E-state index contributed by atoms with van der Waals surface area (Å²) in [6.45, 7) is 0. The van der Waals surface area contributed by atoms with Gasteiger partial charge in [0.15, 0.2) is 0 Å². The third-order valence-corrected chi connectivity index (χ3v) is 13.8. The number of fused-ring (bicyclic) bond motifs is 7. The standard InChI is InChI=1S/C66H44N2/c1-4-19-46(20-5-1)53-28-14-16-32-61(53)67(52-40-42-58-57-30-15-17-33-63(57)68(64(58)44-52)62-34-18-26-47-21-10-11-27-54(47)62)51-38-35-45(36-39-51)50-37-41-56-55-29-12-13-31-59(55)65(48-22-6-2-7-23-48)66(60(56)43-50)49-24-8-3-9-25-49/h1-44H. The topological polar surface area (TPSA) is 8.17 Å². The van der Waals surface area contributed by atoms with Crippen molar-refractivity contribution >= 4 is 71.2 Å². The number of rotatable bonds is 8. The molecule has 0 saturated carbocycles. The van der Waals surface area contributed by atoms with E-state index >= 15 is 0 Å². The molecular weight excluding hydrogens is 821 g/mol. The van der Waals surface area contributed by atoms with Gasteiger partial charge in [-0.2, -0.15) is 0 Å². The van der Waals surface area contributed by atoms with E-state index in [1.807, 2.05) is 0 Å². The molecule has 0 aliphatic rings. The third-order valence-electron chi connectivity index (χ3n) is 13.8. The van der Waals surface area contributed by atoms with Crippen molar-refractivity contribution in [2.75, 3.05) is 4.90 Å². The molecule has 0 amide bonds. The van der Waals surface area contributed by atoms with Gasteiger partial charge in [0.05, 0.1) is 22.4 Å². The Hall–Kier alpha value is -8.98. The first kappa shape index (κ1) is 39.4.